The third kappa shape index (κ3) is 2.82. The second kappa shape index (κ2) is 6.59. The van der Waals surface area contributed by atoms with Crippen molar-refractivity contribution in [2.24, 2.45) is 0 Å². The fourth-order valence-corrected chi connectivity index (χ4v) is 4.66. The summed E-state index contributed by atoms with van der Waals surface area (Å²) in [5, 5.41) is 16.7. The standard InChI is InChI=1S/C17H21N3O3S2/c1-10(21)17(25-3)15(23)19-16(24-2,14(22)20-17)8-11-9-18-13-7-5-4-6-12(11)13/h4-7,9-10,18,21H,8H2,1-3H3,(H,19,23)(H,20,22). The molecule has 3 rings (SSSR count). The molecule has 2 heterocycles. The van der Waals surface area contributed by atoms with Crippen molar-refractivity contribution in [1.82, 2.24) is 15.6 Å². The molecular weight excluding hydrogens is 358 g/mol. The van der Waals surface area contributed by atoms with Gasteiger partial charge < -0.3 is 20.7 Å². The highest BCUT2D eigenvalue weighted by atomic mass is 32.2. The van der Waals surface area contributed by atoms with Gasteiger partial charge >= 0.3 is 0 Å². The third-order valence-electron chi connectivity index (χ3n) is 4.69. The quantitative estimate of drug-likeness (QED) is 0.631. The molecule has 0 bridgehead atoms. The van der Waals surface area contributed by atoms with E-state index < -0.39 is 15.8 Å². The molecule has 2 amide bonds. The van der Waals surface area contributed by atoms with Crippen molar-refractivity contribution in [3.8, 4) is 0 Å². The van der Waals surface area contributed by atoms with Crippen LogP contribution in [0.4, 0.5) is 0 Å². The zero-order valence-corrected chi connectivity index (χ0v) is 15.9. The normalized spacial score (nSPS) is 27.8. The zero-order valence-electron chi connectivity index (χ0n) is 14.3. The van der Waals surface area contributed by atoms with Gasteiger partial charge in [0.1, 0.15) is 0 Å². The molecule has 0 saturated carbocycles. The number of aliphatic hydroxyl groups excluding tert-OH is 1. The van der Waals surface area contributed by atoms with Crippen LogP contribution in [0, 0.1) is 0 Å². The Labute approximate surface area is 154 Å². The molecule has 1 aliphatic heterocycles. The Morgan fingerprint density at radius 1 is 1.12 bits per heavy atom. The van der Waals surface area contributed by atoms with Crippen LogP contribution in [0.2, 0.25) is 0 Å². The Balaban J connectivity index is 1.96. The number of carbonyl (C=O) groups is 2. The fourth-order valence-electron chi connectivity index (χ4n) is 3.15. The predicted molar refractivity (Wildman–Crippen MR) is 102 cm³/mol. The minimum absolute atomic E-state index is 0.305. The van der Waals surface area contributed by atoms with Gasteiger partial charge in [-0.15, -0.1) is 23.5 Å². The van der Waals surface area contributed by atoms with Crippen molar-refractivity contribution >= 4 is 46.2 Å². The van der Waals surface area contributed by atoms with E-state index in [1.165, 1.54) is 18.7 Å². The maximum atomic E-state index is 13.0. The van der Waals surface area contributed by atoms with Gasteiger partial charge in [-0.3, -0.25) is 9.59 Å². The van der Waals surface area contributed by atoms with E-state index in [-0.39, 0.29) is 11.8 Å². The Hall–Kier alpha value is -1.64. The molecule has 1 aliphatic rings. The molecule has 3 atom stereocenters. The van der Waals surface area contributed by atoms with Gasteiger partial charge in [-0.2, -0.15) is 0 Å². The summed E-state index contributed by atoms with van der Waals surface area (Å²) in [4.78, 5) is 26.4. The number of aromatic nitrogens is 1. The van der Waals surface area contributed by atoms with Crippen molar-refractivity contribution in [3.05, 3.63) is 36.0 Å². The maximum Gasteiger partial charge on any atom is 0.260 e. The van der Waals surface area contributed by atoms with Crippen molar-refractivity contribution in [2.45, 2.75) is 29.2 Å². The lowest BCUT2D eigenvalue weighted by Gasteiger charge is -2.45. The number of nitrogens with one attached hydrogen (secondary N) is 3. The van der Waals surface area contributed by atoms with Crippen LogP contribution in [-0.4, -0.2) is 50.3 Å². The first kappa shape index (κ1) is 18.2. The van der Waals surface area contributed by atoms with E-state index in [0.29, 0.717) is 6.42 Å². The molecule has 1 aromatic carbocycles. The first-order chi connectivity index (χ1) is 11.9. The SMILES string of the molecule is CSC1(Cc2c[nH]c3ccccc23)NC(=O)C(SC)(C(C)O)NC1=O. The molecule has 1 fully saturated rings. The summed E-state index contributed by atoms with van der Waals surface area (Å²) in [5.41, 5.74) is 1.94. The molecular formula is C17H21N3O3S2. The summed E-state index contributed by atoms with van der Waals surface area (Å²) in [6.07, 6.45) is 4.69. The molecule has 1 aromatic heterocycles. The molecule has 134 valence electrons. The number of para-hydroxylation sites is 1. The van der Waals surface area contributed by atoms with E-state index in [1.807, 2.05) is 30.5 Å². The molecule has 0 spiro atoms. The average molecular weight is 380 g/mol. The lowest BCUT2D eigenvalue weighted by molar-refractivity contribution is -0.142. The fraction of sp³-hybridized carbons (Fsp3) is 0.412. The van der Waals surface area contributed by atoms with Crippen molar-refractivity contribution in [1.29, 1.82) is 0 Å². The number of amides is 2. The van der Waals surface area contributed by atoms with Crippen LogP contribution in [0.5, 0.6) is 0 Å². The van der Waals surface area contributed by atoms with Crippen LogP contribution in [0.15, 0.2) is 30.5 Å². The average Bonchev–Trinajstić information content (AvgIpc) is 3.00. The summed E-state index contributed by atoms with van der Waals surface area (Å²) in [6, 6.07) is 7.84. The number of piperazine rings is 1. The van der Waals surface area contributed by atoms with E-state index in [2.05, 4.69) is 15.6 Å². The number of hydrogen-bond donors (Lipinski definition) is 4. The molecule has 0 radical (unpaired) electrons. The summed E-state index contributed by atoms with van der Waals surface area (Å²) in [7, 11) is 0. The number of hydrogen-bond acceptors (Lipinski definition) is 5. The smallest absolute Gasteiger partial charge is 0.260 e. The minimum Gasteiger partial charge on any atom is -0.389 e. The van der Waals surface area contributed by atoms with E-state index in [1.54, 1.807) is 12.5 Å². The Morgan fingerprint density at radius 2 is 1.84 bits per heavy atom. The summed E-state index contributed by atoms with van der Waals surface area (Å²) >= 11 is 2.41. The molecule has 3 unspecified atom stereocenters. The van der Waals surface area contributed by atoms with Crippen LogP contribution in [-0.2, 0) is 16.0 Å². The molecule has 1 saturated heterocycles. The monoisotopic (exact) mass is 379 g/mol. The molecule has 0 aliphatic carbocycles. The third-order valence-corrected chi connectivity index (χ3v) is 7.09. The van der Waals surface area contributed by atoms with Gasteiger partial charge in [0.05, 0.1) is 6.10 Å². The Morgan fingerprint density at radius 3 is 2.48 bits per heavy atom. The van der Waals surface area contributed by atoms with Gasteiger partial charge in [0.2, 0.25) is 0 Å². The number of H-pyrrole nitrogens is 1. The number of fused-ring (bicyclic) bond motifs is 1. The Bertz CT molecular complexity index is 822. The van der Waals surface area contributed by atoms with Gasteiger partial charge in [-0.25, -0.2) is 0 Å². The largest absolute Gasteiger partial charge is 0.389 e. The first-order valence-corrected chi connectivity index (χ1v) is 10.3. The van der Waals surface area contributed by atoms with Crippen LogP contribution < -0.4 is 10.6 Å². The van der Waals surface area contributed by atoms with Gasteiger partial charge in [-0.05, 0) is 31.1 Å². The number of rotatable bonds is 5. The predicted octanol–water partition coefficient (Wildman–Crippen LogP) is 1.46. The number of thioether (sulfide) groups is 2. The first-order valence-electron chi connectivity index (χ1n) is 7.87. The number of aliphatic hydroxyl groups is 1. The molecule has 4 N–H and O–H groups in total. The lowest BCUT2D eigenvalue weighted by Crippen LogP contribution is -2.76. The molecule has 2 aromatic rings. The number of benzene rings is 1. The second-order valence-electron chi connectivity index (χ2n) is 6.09. The van der Waals surface area contributed by atoms with E-state index >= 15 is 0 Å². The lowest BCUT2D eigenvalue weighted by atomic mass is 9.98. The highest BCUT2D eigenvalue weighted by molar-refractivity contribution is 8.01. The summed E-state index contributed by atoms with van der Waals surface area (Å²) in [5.74, 6) is -0.691. The number of carbonyl (C=O) groups excluding carboxylic acids is 2. The highest BCUT2D eigenvalue weighted by Gasteiger charge is 2.55. The van der Waals surface area contributed by atoms with E-state index in [4.69, 9.17) is 0 Å². The molecule has 6 nitrogen and oxygen atoms in total. The van der Waals surface area contributed by atoms with Crippen molar-refractivity contribution < 1.29 is 14.7 Å². The molecule has 25 heavy (non-hydrogen) atoms. The summed E-state index contributed by atoms with van der Waals surface area (Å²) in [6.45, 7) is 1.50. The molecule has 8 heteroatoms. The van der Waals surface area contributed by atoms with E-state index in [0.717, 1.165) is 28.2 Å². The number of aromatic amines is 1. The zero-order chi connectivity index (χ0) is 18.2. The second-order valence-corrected chi connectivity index (χ2v) is 8.25. The van der Waals surface area contributed by atoms with Crippen LogP contribution in [0.1, 0.15) is 12.5 Å². The Kier molecular flexibility index (Phi) is 4.78. The highest BCUT2D eigenvalue weighted by Crippen LogP contribution is 2.36. The maximum absolute atomic E-state index is 13.0. The van der Waals surface area contributed by atoms with Gasteiger partial charge in [0.15, 0.2) is 9.74 Å². The van der Waals surface area contributed by atoms with Crippen LogP contribution in [0.3, 0.4) is 0 Å². The van der Waals surface area contributed by atoms with Crippen molar-refractivity contribution in [2.75, 3.05) is 12.5 Å². The van der Waals surface area contributed by atoms with Crippen molar-refractivity contribution in [3.63, 3.8) is 0 Å². The van der Waals surface area contributed by atoms with Gasteiger partial charge in [-0.1, -0.05) is 18.2 Å². The topological polar surface area (TPSA) is 94.2 Å². The van der Waals surface area contributed by atoms with Crippen LogP contribution >= 0.6 is 23.5 Å². The van der Waals surface area contributed by atoms with Gasteiger partial charge in [0, 0.05) is 23.5 Å². The van der Waals surface area contributed by atoms with Crippen LogP contribution in [0.25, 0.3) is 10.9 Å². The van der Waals surface area contributed by atoms with Gasteiger partial charge in [0.25, 0.3) is 11.8 Å². The minimum atomic E-state index is -1.36. The summed E-state index contributed by atoms with van der Waals surface area (Å²) < 4.78 is 0. The van der Waals surface area contributed by atoms with E-state index in [9.17, 15) is 14.7 Å².